The number of ether oxygens (including phenoxy) is 1. The largest absolute Gasteiger partial charge is 0.494 e. The van der Waals surface area contributed by atoms with Crippen molar-refractivity contribution in [3.63, 3.8) is 0 Å². The van der Waals surface area contributed by atoms with Crippen LogP contribution in [-0.4, -0.2) is 28.4 Å². The molecule has 1 amide bonds. The van der Waals surface area contributed by atoms with E-state index in [1.54, 1.807) is 6.07 Å². The number of nitrogens with one attached hydrogen (secondary N) is 2. The molecule has 2 N–H and O–H groups in total. The van der Waals surface area contributed by atoms with E-state index in [0.29, 0.717) is 11.4 Å². The summed E-state index contributed by atoms with van der Waals surface area (Å²) in [4.78, 5) is 12.5. The van der Waals surface area contributed by atoms with Gasteiger partial charge in [0.15, 0.2) is 0 Å². The van der Waals surface area contributed by atoms with Gasteiger partial charge in [-0.25, -0.2) is 5.43 Å². The number of rotatable bonds is 12. The Morgan fingerprint density at radius 3 is 2.42 bits per heavy atom. The Morgan fingerprint density at radius 2 is 1.70 bits per heavy atom. The molecule has 0 aliphatic heterocycles. The lowest BCUT2D eigenvalue weighted by molar-refractivity contribution is 0.0950. The first-order valence-corrected chi connectivity index (χ1v) is 11.8. The second-order valence-corrected chi connectivity index (χ2v) is 8.31. The molecule has 0 spiro atoms. The monoisotopic (exact) mass is 446 g/mol. The maximum atomic E-state index is 12.5. The summed E-state index contributed by atoms with van der Waals surface area (Å²) in [7, 11) is 0. The highest BCUT2D eigenvalue weighted by atomic mass is 16.5. The molecule has 0 aliphatic carbocycles. The topological polar surface area (TPSA) is 79.4 Å². The van der Waals surface area contributed by atoms with Crippen LogP contribution in [0.25, 0.3) is 11.3 Å². The number of hydrogen-bond donors (Lipinski definition) is 2. The highest BCUT2D eigenvalue weighted by molar-refractivity contribution is 6.00. The Kier molecular flexibility index (Phi) is 9.24. The molecule has 0 saturated carbocycles. The molecule has 1 heterocycles. The number of carbonyl (C=O) groups excluding carboxylic acids is 1. The van der Waals surface area contributed by atoms with E-state index in [-0.39, 0.29) is 5.91 Å². The normalized spacial score (nSPS) is 11.4. The third kappa shape index (κ3) is 7.59. The number of nitrogens with zero attached hydrogens (tertiary/aromatic N) is 2. The number of unbranched alkanes of at least 4 members (excludes halogenated alkanes) is 5. The van der Waals surface area contributed by atoms with Crippen LogP contribution in [0.1, 0.15) is 74.0 Å². The zero-order chi connectivity index (χ0) is 23.5. The summed E-state index contributed by atoms with van der Waals surface area (Å²) in [6.45, 7) is 6.86. The van der Waals surface area contributed by atoms with Gasteiger partial charge < -0.3 is 4.74 Å². The Hall–Kier alpha value is -3.41. The second-order valence-electron chi connectivity index (χ2n) is 8.31. The van der Waals surface area contributed by atoms with Gasteiger partial charge in [-0.1, -0.05) is 68.9 Å². The number of benzene rings is 2. The van der Waals surface area contributed by atoms with Gasteiger partial charge >= 0.3 is 0 Å². The first kappa shape index (κ1) is 24.2. The molecule has 2 aromatic carbocycles. The summed E-state index contributed by atoms with van der Waals surface area (Å²) in [5.41, 5.74) is 7.43. The Balaban J connectivity index is 1.49. The summed E-state index contributed by atoms with van der Waals surface area (Å²) >= 11 is 0. The zero-order valence-corrected chi connectivity index (χ0v) is 19.9. The molecule has 0 atom stereocenters. The molecule has 0 unspecified atom stereocenters. The average Bonchev–Trinajstić information content (AvgIpc) is 3.33. The molecule has 0 radical (unpaired) electrons. The van der Waals surface area contributed by atoms with Crippen LogP contribution in [0.4, 0.5) is 0 Å². The fourth-order valence-electron chi connectivity index (χ4n) is 3.43. The molecule has 0 bridgehead atoms. The number of H-pyrrole nitrogens is 1. The van der Waals surface area contributed by atoms with Crippen molar-refractivity contribution in [2.75, 3.05) is 6.61 Å². The molecule has 1 aromatic heterocycles. The molecule has 3 aromatic rings. The predicted octanol–water partition coefficient (Wildman–Crippen LogP) is 6.28. The number of aryl methyl sites for hydroxylation is 1. The van der Waals surface area contributed by atoms with Crippen LogP contribution >= 0.6 is 0 Å². The van der Waals surface area contributed by atoms with Crippen molar-refractivity contribution < 1.29 is 9.53 Å². The van der Waals surface area contributed by atoms with Gasteiger partial charge in [0, 0.05) is 5.56 Å². The summed E-state index contributed by atoms with van der Waals surface area (Å²) in [6.07, 6.45) is 7.47. The van der Waals surface area contributed by atoms with Gasteiger partial charge in [-0.3, -0.25) is 9.89 Å². The SMILES string of the molecule is CCCCCCCCOc1ccc(-c2cc(C(=O)NN=C(C)c3ccc(C)cc3)[nH]n2)cc1. The lowest BCUT2D eigenvalue weighted by Gasteiger charge is -2.06. The van der Waals surface area contributed by atoms with E-state index in [4.69, 9.17) is 4.74 Å². The van der Waals surface area contributed by atoms with Crippen LogP contribution in [0.3, 0.4) is 0 Å². The maximum Gasteiger partial charge on any atom is 0.289 e. The predicted molar refractivity (Wildman–Crippen MR) is 134 cm³/mol. The molecule has 0 aliphatic rings. The van der Waals surface area contributed by atoms with Gasteiger partial charge in [-0.05, 0) is 56.2 Å². The fraction of sp³-hybridized carbons (Fsp3) is 0.370. The van der Waals surface area contributed by atoms with Crippen LogP contribution < -0.4 is 10.2 Å². The first-order chi connectivity index (χ1) is 16.1. The van der Waals surface area contributed by atoms with Gasteiger partial charge in [0.2, 0.25) is 0 Å². The second kappa shape index (κ2) is 12.6. The summed E-state index contributed by atoms with van der Waals surface area (Å²) in [6, 6.07) is 17.5. The summed E-state index contributed by atoms with van der Waals surface area (Å²) < 4.78 is 5.84. The van der Waals surface area contributed by atoms with Gasteiger partial charge in [-0.2, -0.15) is 10.2 Å². The summed E-state index contributed by atoms with van der Waals surface area (Å²) in [5.74, 6) is 0.515. The molecule has 6 nitrogen and oxygen atoms in total. The maximum absolute atomic E-state index is 12.5. The van der Waals surface area contributed by atoms with Crippen molar-refractivity contribution in [1.29, 1.82) is 0 Å². The molecule has 33 heavy (non-hydrogen) atoms. The number of carbonyl (C=O) groups is 1. The Morgan fingerprint density at radius 1 is 1.00 bits per heavy atom. The number of aromatic nitrogens is 2. The van der Waals surface area contributed by atoms with E-state index in [2.05, 4.69) is 27.6 Å². The van der Waals surface area contributed by atoms with Gasteiger partial charge in [0.1, 0.15) is 11.4 Å². The quantitative estimate of drug-likeness (QED) is 0.195. The molecule has 3 rings (SSSR count). The minimum Gasteiger partial charge on any atom is -0.494 e. The standard InChI is InChI=1S/C27H34N4O2/c1-4-5-6-7-8-9-18-33-24-16-14-23(15-17-24)25-19-26(30-29-25)27(32)31-28-21(3)22-12-10-20(2)11-13-22/h10-17,19H,4-9,18H2,1-3H3,(H,29,30)(H,31,32). The number of hydrogen-bond acceptors (Lipinski definition) is 4. The molecule has 0 fully saturated rings. The molecule has 6 heteroatoms. The minimum atomic E-state index is -0.334. The van der Waals surface area contributed by atoms with Crippen LogP contribution in [0.5, 0.6) is 5.75 Å². The van der Waals surface area contributed by atoms with E-state index in [1.165, 1.54) is 37.7 Å². The average molecular weight is 447 g/mol. The third-order valence-corrected chi connectivity index (χ3v) is 5.53. The van der Waals surface area contributed by atoms with Crippen molar-refractivity contribution in [1.82, 2.24) is 15.6 Å². The van der Waals surface area contributed by atoms with Crippen molar-refractivity contribution in [3.8, 4) is 17.0 Å². The number of amides is 1. The smallest absolute Gasteiger partial charge is 0.289 e. The summed E-state index contributed by atoms with van der Waals surface area (Å²) in [5, 5.41) is 11.3. The molecule has 0 saturated heterocycles. The van der Waals surface area contributed by atoms with Crippen LogP contribution in [-0.2, 0) is 0 Å². The van der Waals surface area contributed by atoms with Crippen molar-refractivity contribution in [2.45, 2.75) is 59.3 Å². The van der Waals surface area contributed by atoms with Gasteiger partial charge in [-0.15, -0.1) is 0 Å². The van der Waals surface area contributed by atoms with E-state index in [1.807, 2.05) is 62.4 Å². The Bertz CT molecular complexity index is 1040. The van der Waals surface area contributed by atoms with Crippen LogP contribution in [0.15, 0.2) is 59.7 Å². The van der Waals surface area contributed by atoms with Crippen molar-refractivity contribution >= 4 is 11.6 Å². The van der Waals surface area contributed by atoms with Crippen LogP contribution in [0.2, 0.25) is 0 Å². The van der Waals surface area contributed by atoms with E-state index < -0.39 is 0 Å². The fourth-order valence-corrected chi connectivity index (χ4v) is 3.43. The first-order valence-electron chi connectivity index (χ1n) is 11.8. The lowest BCUT2D eigenvalue weighted by atomic mass is 10.1. The van der Waals surface area contributed by atoms with Crippen LogP contribution in [0, 0.1) is 6.92 Å². The zero-order valence-electron chi connectivity index (χ0n) is 19.9. The number of aromatic amines is 1. The Labute approximate surface area is 196 Å². The highest BCUT2D eigenvalue weighted by Crippen LogP contribution is 2.21. The lowest BCUT2D eigenvalue weighted by Crippen LogP contribution is -2.19. The molecular weight excluding hydrogens is 412 g/mol. The molecule has 174 valence electrons. The molecular formula is C27H34N4O2. The van der Waals surface area contributed by atoms with E-state index in [9.17, 15) is 4.79 Å². The van der Waals surface area contributed by atoms with Gasteiger partial charge in [0.25, 0.3) is 5.91 Å². The minimum absolute atomic E-state index is 0.334. The van der Waals surface area contributed by atoms with E-state index in [0.717, 1.165) is 35.6 Å². The van der Waals surface area contributed by atoms with Gasteiger partial charge in [0.05, 0.1) is 18.0 Å². The van der Waals surface area contributed by atoms with E-state index >= 15 is 0 Å². The highest BCUT2D eigenvalue weighted by Gasteiger charge is 2.11. The third-order valence-electron chi connectivity index (χ3n) is 5.53. The van der Waals surface area contributed by atoms with Crippen molar-refractivity contribution in [2.24, 2.45) is 5.10 Å². The van der Waals surface area contributed by atoms with Crippen molar-refractivity contribution in [3.05, 3.63) is 71.4 Å². The number of hydrazone groups is 1.